The Morgan fingerprint density at radius 3 is 2.50 bits per heavy atom. The summed E-state index contributed by atoms with van der Waals surface area (Å²) in [6, 6.07) is 13.7. The molecule has 2 aromatic rings. The molecule has 0 aromatic heterocycles. The van der Waals surface area contributed by atoms with Crippen LogP contribution in [0.1, 0.15) is 15.9 Å². The van der Waals surface area contributed by atoms with Gasteiger partial charge in [-0.25, -0.2) is 8.42 Å². The third-order valence-corrected chi connectivity index (χ3v) is 4.65. The van der Waals surface area contributed by atoms with Gasteiger partial charge in [0, 0.05) is 18.9 Å². The van der Waals surface area contributed by atoms with E-state index in [4.69, 9.17) is 4.74 Å². The van der Waals surface area contributed by atoms with Crippen molar-refractivity contribution in [3.05, 3.63) is 59.7 Å². The number of nitrogens with zero attached hydrogens (tertiary/aromatic N) is 1. The maximum Gasteiger partial charge on any atom is 0.253 e. The predicted molar refractivity (Wildman–Crippen MR) is 93.2 cm³/mol. The average Bonchev–Trinajstić information content (AvgIpc) is 2.53. The number of carbonyl (C=O) groups is 1. The van der Waals surface area contributed by atoms with Gasteiger partial charge in [0.1, 0.15) is 12.4 Å². The van der Waals surface area contributed by atoms with Crippen LogP contribution in [0.4, 0.5) is 0 Å². The minimum atomic E-state index is -3.34. The smallest absolute Gasteiger partial charge is 0.253 e. The van der Waals surface area contributed by atoms with Gasteiger partial charge in [0.25, 0.3) is 5.91 Å². The van der Waals surface area contributed by atoms with Crippen LogP contribution < -0.4 is 4.74 Å². The minimum absolute atomic E-state index is 0.137. The Hall–Kier alpha value is -2.34. The van der Waals surface area contributed by atoms with Gasteiger partial charge in [0.05, 0.1) is 11.4 Å². The molecule has 0 atom stereocenters. The Morgan fingerprint density at radius 2 is 1.83 bits per heavy atom. The zero-order chi connectivity index (χ0) is 17.7. The molecule has 0 heterocycles. The lowest BCUT2D eigenvalue weighted by molar-refractivity contribution is 0.0773. The molecule has 1 amide bonds. The summed E-state index contributed by atoms with van der Waals surface area (Å²) < 4.78 is 28.8. The lowest BCUT2D eigenvalue weighted by atomic mass is 10.2. The molecule has 24 heavy (non-hydrogen) atoms. The highest BCUT2D eigenvalue weighted by molar-refractivity contribution is 7.90. The van der Waals surface area contributed by atoms with Crippen LogP contribution in [0.25, 0.3) is 0 Å². The topological polar surface area (TPSA) is 63.7 Å². The summed E-state index contributed by atoms with van der Waals surface area (Å²) in [6.45, 7) is 2.74. The summed E-state index contributed by atoms with van der Waals surface area (Å²) in [5.74, 6) is 0.517. The number of ether oxygens (including phenoxy) is 1. The zero-order valence-electron chi connectivity index (χ0n) is 14.0. The van der Waals surface area contributed by atoms with Crippen LogP contribution in [0.3, 0.4) is 0 Å². The minimum Gasteiger partial charge on any atom is -0.492 e. The van der Waals surface area contributed by atoms with E-state index in [9.17, 15) is 13.2 Å². The van der Waals surface area contributed by atoms with E-state index in [0.717, 1.165) is 17.6 Å². The second kappa shape index (κ2) is 7.49. The van der Waals surface area contributed by atoms with Crippen molar-refractivity contribution in [1.29, 1.82) is 0 Å². The predicted octanol–water partition coefficient (Wildman–Crippen LogP) is 2.55. The number of rotatable bonds is 6. The SMILES string of the molecule is Cc1cccc(OCCN(C)C(=O)c2cccc(S(C)(=O)=O)c2)c1. The second-order valence-corrected chi connectivity index (χ2v) is 7.71. The number of aryl methyl sites for hydroxylation is 1. The maximum absolute atomic E-state index is 12.4. The van der Waals surface area contributed by atoms with Crippen LogP contribution in [0.5, 0.6) is 5.75 Å². The van der Waals surface area contributed by atoms with Crippen molar-refractivity contribution in [3.8, 4) is 5.75 Å². The highest BCUT2D eigenvalue weighted by atomic mass is 32.2. The van der Waals surface area contributed by atoms with E-state index in [-0.39, 0.29) is 10.8 Å². The lowest BCUT2D eigenvalue weighted by Gasteiger charge is -2.18. The number of carbonyl (C=O) groups excluding carboxylic acids is 1. The molecule has 5 nitrogen and oxygen atoms in total. The Labute approximate surface area is 142 Å². The largest absolute Gasteiger partial charge is 0.492 e. The lowest BCUT2D eigenvalue weighted by Crippen LogP contribution is -2.31. The van der Waals surface area contributed by atoms with Crippen LogP contribution in [0, 0.1) is 6.92 Å². The van der Waals surface area contributed by atoms with Crippen LogP contribution in [-0.4, -0.2) is 45.7 Å². The van der Waals surface area contributed by atoms with E-state index >= 15 is 0 Å². The van der Waals surface area contributed by atoms with Gasteiger partial charge in [0.15, 0.2) is 9.84 Å². The van der Waals surface area contributed by atoms with Crippen molar-refractivity contribution in [1.82, 2.24) is 4.90 Å². The number of amides is 1. The summed E-state index contributed by atoms with van der Waals surface area (Å²) in [5.41, 5.74) is 1.45. The first kappa shape index (κ1) is 18.0. The summed E-state index contributed by atoms with van der Waals surface area (Å²) in [7, 11) is -1.68. The van der Waals surface area contributed by atoms with Crippen LogP contribution in [0.2, 0.25) is 0 Å². The molecule has 0 radical (unpaired) electrons. The summed E-state index contributed by atoms with van der Waals surface area (Å²) in [4.78, 5) is 14.0. The van der Waals surface area contributed by atoms with Gasteiger partial charge in [-0.15, -0.1) is 0 Å². The van der Waals surface area contributed by atoms with E-state index in [2.05, 4.69) is 0 Å². The number of likely N-dealkylation sites (N-methyl/N-ethyl adjacent to an activating group) is 1. The first-order chi connectivity index (χ1) is 11.3. The Kier molecular flexibility index (Phi) is 5.62. The molecule has 2 aromatic carbocycles. The van der Waals surface area contributed by atoms with Crippen molar-refractivity contribution in [3.63, 3.8) is 0 Å². The van der Waals surface area contributed by atoms with E-state index in [1.54, 1.807) is 19.2 Å². The maximum atomic E-state index is 12.4. The molecule has 0 spiro atoms. The second-order valence-electron chi connectivity index (χ2n) is 5.69. The molecule has 0 fully saturated rings. The summed E-state index contributed by atoms with van der Waals surface area (Å²) >= 11 is 0. The third-order valence-electron chi connectivity index (χ3n) is 3.54. The Morgan fingerprint density at radius 1 is 1.12 bits per heavy atom. The highest BCUT2D eigenvalue weighted by Gasteiger charge is 2.15. The standard InChI is InChI=1S/C18H21NO4S/c1-14-6-4-8-16(12-14)23-11-10-19(2)18(20)15-7-5-9-17(13-15)24(3,21)22/h4-9,12-13H,10-11H2,1-3H3. The number of benzene rings is 2. The summed E-state index contributed by atoms with van der Waals surface area (Å²) in [5, 5.41) is 0. The van der Waals surface area contributed by atoms with E-state index < -0.39 is 9.84 Å². The number of hydrogen-bond acceptors (Lipinski definition) is 4. The first-order valence-corrected chi connectivity index (χ1v) is 9.41. The molecule has 0 unspecified atom stereocenters. The molecule has 0 aliphatic rings. The molecule has 0 saturated heterocycles. The van der Waals surface area contributed by atoms with Crippen molar-refractivity contribution >= 4 is 15.7 Å². The molecule has 128 valence electrons. The molecule has 0 aliphatic carbocycles. The normalized spacial score (nSPS) is 11.1. The van der Waals surface area contributed by atoms with Gasteiger partial charge in [-0.2, -0.15) is 0 Å². The fraction of sp³-hybridized carbons (Fsp3) is 0.278. The van der Waals surface area contributed by atoms with Gasteiger partial charge in [0.2, 0.25) is 0 Å². The van der Waals surface area contributed by atoms with E-state index in [0.29, 0.717) is 18.7 Å². The van der Waals surface area contributed by atoms with E-state index in [1.807, 2.05) is 31.2 Å². The molecular formula is C18H21NO4S. The monoisotopic (exact) mass is 347 g/mol. The van der Waals surface area contributed by atoms with Gasteiger partial charge in [-0.3, -0.25) is 4.79 Å². The van der Waals surface area contributed by atoms with Crippen molar-refractivity contribution in [2.75, 3.05) is 26.5 Å². The van der Waals surface area contributed by atoms with Crippen molar-refractivity contribution in [2.45, 2.75) is 11.8 Å². The zero-order valence-corrected chi connectivity index (χ0v) is 14.8. The Balaban J connectivity index is 1.97. The summed E-state index contributed by atoms with van der Waals surface area (Å²) in [6.07, 6.45) is 1.12. The molecular weight excluding hydrogens is 326 g/mol. The van der Waals surface area contributed by atoms with Crippen molar-refractivity contribution in [2.24, 2.45) is 0 Å². The Bertz CT molecular complexity index is 830. The van der Waals surface area contributed by atoms with Crippen LogP contribution >= 0.6 is 0 Å². The van der Waals surface area contributed by atoms with E-state index in [1.165, 1.54) is 17.0 Å². The van der Waals surface area contributed by atoms with Crippen LogP contribution in [-0.2, 0) is 9.84 Å². The highest BCUT2D eigenvalue weighted by Crippen LogP contribution is 2.14. The molecule has 0 aliphatic heterocycles. The van der Waals surface area contributed by atoms with Gasteiger partial charge >= 0.3 is 0 Å². The molecule has 0 N–H and O–H groups in total. The van der Waals surface area contributed by atoms with Gasteiger partial charge < -0.3 is 9.64 Å². The third kappa shape index (κ3) is 4.83. The van der Waals surface area contributed by atoms with Gasteiger partial charge in [-0.05, 0) is 42.8 Å². The fourth-order valence-electron chi connectivity index (χ4n) is 2.19. The molecule has 0 saturated carbocycles. The van der Waals surface area contributed by atoms with Gasteiger partial charge in [-0.1, -0.05) is 18.2 Å². The van der Waals surface area contributed by atoms with Crippen molar-refractivity contribution < 1.29 is 17.9 Å². The fourth-order valence-corrected chi connectivity index (χ4v) is 2.85. The number of sulfone groups is 1. The number of hydrogen-bond donors (Lipinski definition) is 0. The molecule has 2 rings (SSSR count). The average molecular weight is 347 g/mol. The quantitative estimate of drug-likeness (QED) is 0.806. The molecule has 0 bridgehead atoms. The molecule has 6 heteroatoms. The van der Waals surface area contributed by atoms with Crippen LogP contribution in [0.15, 0.2) is 53.4 Å². The first-order valence-electron chi connectivity index (χ1n) is 7.52.